The summed E-state index contributed by atoms with van der Waals surface area (Å²) >= 11 is 0. The maximum atomic E-state index is 12.3. The molecule has 4 rings (SSSR count). The molecule has 2 aromatic carbocycles. The van der Waals surface area contributed by atoms with E-state index in [-0.39, 0.29) is 5.91 Å². The summed E-state index contributed by atoms with van der Waals surface area (Å²) in [5.74, 6) is 2.85. The van der Waals surface area contributed by atoms with Gasteiger partial charge in [0.15, 0.2) is 0 Å². The first kappa shape index (κ1) is 20.8. The number of hydrogen-bond acceptors (Lipinski definition) is 5. The average Bonchev–Trinajstić information content (AvgIpc) is 3.55. The quantitative estimate of drug-likeness (QED) is 0.560. The van der Waals surface area contributed by atoms with Crippen LogP contribution in [-0.2, 0) is 11.2 Å². The topological polar surface area (TPSA) is 74.6 Å². The molecule has 0 aliphatic heterocycles. The molecule has 1 heterocycles. The van der Waals surface area contributed by atoms with E-state index >= 15 is 0 Å². The second-order valence-electron chi connectivity index (χ2n) is 7.60. The van der Waals surface area contributed by atoms with Crippen molar-refractivity contribution in [3.63, 3.8) is 0 Å². The molecule has 162 valence electrons. The summed E-state index contributed by atoms with van der Waals surface area (Å²) < 4.78 is 18.6. The van der Waals surface area contributed by atoms with Crippen molar-refractivity contribution < 1.29 is 19.0 Å². The number of nitrogens with one attached hydrogen (secondary N) is 1. The Morgan fingerprint density at radius 2 is 1.58 bits per heavy atom. The lowest BCUT2D eigenvalue weighted by Crippen LogP contribution is -2.25. The van der Waals surface area contributed by atoms with E-state index < -0.39 is 0 Å². The highest BCUT2D eigenvalue weighted by Gasteiger charge is 2.24. The van der Waals surface area contributed by atoms with Crippen LogP contribution >= 0.6 is 0 Å². The van der Waals surface area contributed by atoms with Gasteiger partial charge in [-0.2, -0.15) is 5.10 Å². The van der Waals surface area contributed by atoms with Crippen LogP contribution in [0.1, 0.15) is 30.5 Å². The largest absolute Gasteiger partial charge is 0.497 e. The van der Waals surface area contributed by atoms with Gasteiger partial charge in [0.2, 0.25) is 11.8 Å². The van der Waals surface area contributed by atoms with Crippen molar-refractivity contribution in [2.45, 2.75) is 38.6 Å². The van der Waals surface area contributed by atoms with E-state index in [4.69, 9.17) is 19.3 Å². The molecule has 1 fully saturated rings. The number of aromatic nitrogens is 2. The van der Waals surface area contributed by atoms with Gasteiger partial charge in [0.1, 0.15) is 17.2 Å². The Bertz CT molecular complexity index is 1040. The second kappa shape index (κ2) is 9.12. The normalized spacial score (nSPS) is 13.0. The summed E-state index contributed by atoms with van der Waals surface area (Å²) in [6, 6.07) is 15.4. The van der Waals surface area contributed by atoms with Crippen molar-refractivity contribution >= 4 is 5.91 Å². The predicted molar refractivity (Wildman–Crippen MR) is 117 cm³/mol. The van der Waals surface area contributed by atoms with Crippen molar-refractivity contribution in [2.75, 3.05) is 14.2 Å². The Labute approximate surface area is 181 Å². The van der Waals surface area contributed by atoms with Crippen LogP contribution in [-0.4, -0.2) is 35.9 Å². The fourth-order valence-corrected chi connectivity index (χ4v) is 3.35. The summed E-state index contributed by atoms with van der Waals surface area (Å²) in [7, 11) is 3.26. The monoisotopic (exact) mass is 421 g/mol. The lowest BCUT2D eigenvalue weighted by atomic mass is 10.1. The van der Waals surface area contributed by atoms with Crippen LogP contribution in [0.3, 0.4) is 0 Å². The van der Waals surface area contributed by atoms with E-state index in [0.29, 0.717) is 30.5 Å². The molecule has 1 amide bonds. The van der Waals surface area contributed by atoms with Crippen LogP contribution in [0, 0.1) is 6.92 Å². The van der Waals surface area contributed by atoms with Crippen molar-refractivity contribution in [2.24, 2.45) is 0 Å². The molecular formula is C24H27N3O4. The van der Waals surface area contributed by atoms with Gasteiger partial charge in [-0.25, -0.2) is 4.68 Å². The smallest absolute Gasteiger partial charge is 0.226 e. The molecule has 7 heteroatoms. The summed E-state index contributed by atoms with van der Waals surface area (Å²) in [5.41, 5.74) is 2.59. The number of carbonyl (C=O) groups excluding carboxylic acids is 1. The molecular weight excluding hydrogens is 394 g/mol. The van der Waals surface area contributed by atoms with Gasteiger partial charge >= 0.3 is 0 Å². The molecule has 0 spiro atoms. The minimum atomic E-state index is 0.0643. The molecule has 1 saturated carbocycles. The van der Waals surface area contributed by atoms with Gasteiger partial charge in [-0.1, -0.05) is 0 Å². The Morgan fingerprint density at radius 1 is 1.00 bits per heavy atom. The third kappa shape index (κ3) is 4.99. The molecule has 0 radical (unpaired) electrons. The molecule has 7 nitrogen and oxygen atoms in total. The van der Waals surface area contributed by atoms with Gasteiger partial charge < -0.3 is 19.5 Å². The number of rotatable bonds is 9. The maximum absolute atomic E-state index is 12.3. The summed E-state index contributed by atoms with van der Waals surface area (Å²) in [6.45, 7) is 1.94. The number of amides is 1. The molecule has 0 atom stereocenters. The van der Waals surface area contributed by atoms with Crippen LogP contribution < -0.4 is 19.5 Å². The third-order valence-electron chi connectivity index (χ3n) is 5.27. The van der Waals surface area contributed by atoms with Crippen molar-refractivity contribution in [3.05, 3.63) is 59.8 Å². The lowest BCUT2D eigenvalue weighted by Gasteiger charge is -2.12. The van der Waals surface area contributed by atoms with E-state index in [0.717, 1.165) is 41.3 Å². The molecule has 1 N–H and O–H groups in total. The zero-order valence-corrected chi connectivity index (χ0v) is 18.1. The molecule has 31 heavy (non-hydrogen) atoms. The molecule has 1 aliphatic carbocycles. The highest BCUT2D eigenvalue weighted by atomic mass is 16.5. The fraction of sp³-hybridized carbons (Fsp3) is 0.333. The average molecular weight is 421 g/mol. The van der Waals surface area contributed by atoms with Crippen LogP contribution in [0.5, 0.6) is 23.1 Å². The van der Waals surface area contributed by atoms with E-state index in [2.05, 4.69) is 5.32 Å². The van der Waals surface area contributed by atoms with Crippen molar-refractivity contribution in [3.8, 4) is 28.8 Å². The highest BCUT2D eigenvalue weighted by molar-refractivity contribution is 5.77. The van der Waals surface area contributed by atoms with E-state index in [1.165, 1.54) is 0 Å². The van der Waals surface area contributed by atoms with Crippen LogP contribution in [0.15, 0.2) is 48.5 Å². The van der Waals surface area contributed by atoms with Crippen LogP contribution in [0.25, 0.3) is 5.69 Å². The van der Waals surface area contributed by atoms with Gasteiger partial charge in [-0.3, -0.25) is 4.79 Å². The molecule has 1 aromatic heterocycles. The van der Waals surface area contributed by atoms with E-state index in [9.17, 15) is 4.79 Å². The highest BCUT2D eigenvalue weighted by Crippen LogP contribution is 2.33. The number of methoxy groups -OCH3 is 2. The third-order valence-corrected chi connectivity index (χ3v) is 5.27. The van der Waals surface area contributed by atoms with Crippen LogP contribution in [0.2, 0.25) is 0 Å². The van der Waals surface area contributed by atoms with Gasteiger partial charge in [-0.05, 0) is 74.7 Å². The summed E-state index contributed by atoms with van der Waals surface area (Å²) in [4.78, 5) is 12.3. The lowest BCUT2D eigenvalue weighted by molar-refractivity contribution is -0.121. The first-order valence-corrected chi connectivity index (χ1v) is 10.4. The molecule has 0 bridgehead atoms. The standard InChI is InChI=1S/C24H27N3O4/c1-16-22(14-15-23(28)25-17-4-5-17)24(31-21-12-10-20(30-3)11-13-21)27(26-16)18-6-8-19(29-2)9-7-18/h6-13,17H,4-5,14-15H2,1-3H3,(H,25,28). The molecule has 0 unspecified atom stereocenters. The second-order valence-corrected chi connectivity index (χ2v) is 7.60. The maximum Gasteiger partial charge on any atom is 0.226 e. The van der Waals surface area contributed by atoms with Crippen molar-refractivity contribution in [1.29, 1.82) is 0 Å². The van der Waals surface area contributed by atoms with Gasteiger partial charge in [0.05, 0.1) is 25.6 Å². The number of ether oxygens (including phenoxy) is 3. The first-order valence-electron chi connectivity index (χ1n) is 10.4. The first-order chi connectivity index (χ1) is 15.1. The summed E-state index contributed by atoms with van der Waals surface area (Å²) in [6.07, 6.45) is 3.09. The summed E-state index contributed by atoms with van der Waals surface area (Å²) in [5, 5.41) is 7.75. The number of hydrogen-bond donors (Lipinski definition) is 1. The number of benzene rings is 2. The van der Waals surface area contributed by atoms with Gasteiger partial charge in [0.25, 0.3) is 0 Å². The Morgan fingerprint density at radius 3 is 2.16 bits per heavy atom. The Balaban J connectivity index is 1.64. The predicted octanol–water partition coefficient (Wildman–Crippen LogP) is 4.20. The van der Waals surface area contributed by atoms with E-state index in [1.54, 1.807) is 18.9 Å². The number of carbonyl (C=O) groups is 1. The minimum Gasteiger partial charge on any atom is -0.497 e. The molecule has 0 saturated heterocycles. The fourth-order valence-electron chi connectivity index (χ4n) is 3.35. The SMILES string of the molecule is COc1ccc(Oc2c(CCC(=O)NC3CC3)c(C)nn2-c2ccc(OC)cc2)cc1. The zero-order valence-electron chi connectivity index (χ0n) is 18.1. The number of aryl methyl sites for hydroxylation is 1. The Kier molecular flexibility index (Phi) is 6.11. The van der Waals surface area contributed by atoms with Crippen molar-refractivity contribution in [1.82, 2.24) is 15.1 Å². The van der Waals surface area contributed by atoms with Gasteiger partial charge in [-0.15, -0.1) is 0 Å². The van der Waals surface area contributed by atoms with E-state index in [1.807, 2.05) is 55.5 Å². The van der Waals surface area contributed by atoms with Crippen LogP contribution in [0.4, 0.5) is 0 Å². The minimum absolute atomic E-state index is 0.0643. The van der Waals surface area contributed by atoms with Gasteiger partial charge in [0, 0.05) is 18.0 Å². The Hall–Kier alpha value is -3.48. The number of nitrogens with zero attached hydrogens (tertiary/aromatic N) is 2. The zero-order chi connectivity index (χ0) is 21.8. The molecule has 3 aromatic rings. The molecule has 1 aliphatic rings.